The van der Waals surface area contributed by atoms with Gasteiger partial charge in [0.25, 0.3) is 0 Å². The SMILES string of the molecule is N#Cc1ccc(-c2ccc3c4ccc(-c5ccc(C#N)cc5C#N)cc4n(-c4cc(C#N)c(-c5c(C#N)cccc5C(F)(F)F)cc4-n4c5cc(-c6ccc(C#N)cc6C#N)ccc5c5ccc(-c6ccc(C#N)cc6C#N)cc54)c3c2)c(C#N)c1. The molecule has 0 bridgehead atoms. The molecule has 15 heteroatoms. The number of alkyl halides is 3. The van der Waals surface area contributed by atoms with Gasteiger partial charge in [-0.05, 0) is 142 Å². The fourth-order valence-electron chi connectivity index (χ4n) is 11.5. The van der Waals surface area contributed by atoms with Gasteiger partial charge in [0.2, 0.25) is 0 Å². The molecular weight excluding hydrogens is 1080 g/mol. The number of aromatic nitrogens is 2. The molecule has 0 N–H and O–H groups in total. The fraction of sp³-hybridized carbons (Fsp3) is 0.0141. The third kappa shape index (κ3) is 8.64. The van der Waals surface area contributed by atoms with Crippen LogP contribution in [0.5, 0.6) is 0 Å². The van der Waals surface area contributed by atoms with E-state index in [9.17, 15) is 52.6 Å². The number of nitrogens with zero attached hydrogens (tertiary/aromatic N) is 12. The van der Waals surface area contributed by atoms with Crippen molar-refractivity contribution in [2.75, 3.05) is 0 Å². The minimum absolute atomic E-state index is 0.150. The van der Waals surface area contributed by atoms with Crippen LogP contribution in [0.4, 0.5) is 13.2 Å². The van der Waals surface area contributed by atoms with E-state index in [1.807, 2.05) is 59.2 Å². The zero-order valence-corrected chi connectivity index (χ0v) is 44.2. The molecule has 0 saturated heterocycles. The van der Waals surface area contributed by atoms with Gasteiger partial charge in [-0.25, -0.2) is 0 Å². The highest BCUT2D eigenvalue weighted by Crippen LogP contribution is 2.47. The lowest BCUT2D eigenvalue weighted by molar-refractivity contribution is -0.137. The third-order valence-electron chi connectivity index (χ3n) is 15.3. The topological polar surface area (TPSA) is 248 Å². The summed E-state index contributed by atoms with van der Waals surface area (Å²) in [6.45, 7) is 0. The van der Waals surface area contributed by atoms with Crippen LogP contribution in [0.2, 0.25) is 0 Å². The summed E-state index contributed by atoms with van der Waals surface area (Å²) in [5.41, 5.74) is 5.03. The first-order chi connectivity index (χ1) is 41.8. The summed E-state index contributed by atoms with van der Waals surface area (Å²) < 4.78 is 50.3. The van der Waals surface area contributed by atoms with Crippen LogP contribution in [0.1, 0.15) is 61.2 Å². The zero-order valence-electron chi connectivity index (χ0n) is 44.2. The molecule has 0 saturated carbocycles. The number of benzene rings is 10. The predicted octanol–water partition coefficient (Wildman–Crippen LogP) is 16.0. The Morgan fingerprint density at radius 2 is 0.581 bits per heavy atom. The molecule has 0 unspecified atom stereocenters. The molecule has 12 aromatic rings. The Kier molecular flexibility index (Phi) is 12.9. The summed E-state index contributed by atoms with van der Waals surface area (Å²) in [4.78, 5) is 0. The maximum Gasteiger partial charge on any atom is 0.417 e. The summed E-state index contributed by atoms with van der Waals surface area (Å²) in [6, 6.07) is 67.9. The molecule has 0 atom stereocenters. The molecule has 0 aliphatic carbocycles. The zero-order chi connectivity index (χ0) is 60.1. The molecule has 12 rings (SSSR count). The number of rotatable bonds is 7. The van der Waals surface area contributed by atoms with Gasteiger partial charge in [0.15, 0.2) is 0 Å². The van der Waals surface area contributed by atoms with E-state index < -0.39 is 17.3 Å². The van der Waals surface area contributed by atoms with Crippen molar-refractivity contribution in [2.45, 2.75) is 6.18 Å². The Bertz CT molecular complexity index is 5230. The summed E-state index contributed by atoms with van der Waals surface area (Å²) in [7, 11) is 0. The third-order valence-corrected chi connectivity index (χ3v) is 15.3. The maximum absolute atomic E-state index is 15.6. The van der Waals surface area contributed by atoms with Crippen LogP contribution in [-0.2, 0) is 6.18 Å². The van der Waals surface area contributed by atoms with Crippen molar-refractivity contribution in [1.82, 2.24) is 9.13 Å². The molecule has 10 aromatic carbocycles. The molecule has 0 aliphatic heterocycles. The van der Waals surface area contributed by atoms with E-state index in [0.717, 1.165) is 12.1 Å². The van der Waals surface area contributed by atoms with Gasteiger partial charge in [-0.2, -0.15) is 65.8 Å². The van der Waals surface area contributed by atoms with E-state index in [4.69, 9.17) is 0 Å². The number of nitriles is 10. The molecule has 2 heterocycles. The number of fused-ring (bicyclic) bond motifs is 6. The Labute approximate surface area is 487 Å². The summed E-state index contributed by atoms with van der Waals surface area (Å²) in [5.74, 6) is 0. The van der Waals surface area contributed by atoms with E-state index in [2.05, 4.69) is 54.6 Å². The molecule has 2 aromatic heterocycles. The van der Waals surface area contributed by atoms with Crippen LogP contribution in [0.25, 0.3) is 111 Å². The Morgan fingerprint density at radius 3 is 0.872 bits per heavy atom. The van der Waals surface area contributed by atoms with Crippen LogP contribution in [0, 0.1) is 113 Å². The fourth-order valence-corrected chi connectivity index (χ4v) is 11.5. The molecule has 0 spiro atoms. The highest BCUT2D eigenvalue weighted by atomic mass is 19.4. The van der Waals surface area contributed by atoms with Crippen molar-refractivity contribution >= 4 is 43.6 Å². The first-order valence-electron chi connectivity index (χ1n) is 25.9. The Morgan fingerprint density at radius 1 is 0.279 bits per heavy atom. The molecular formula is C71H29F3N12. The maximum atomic E-state index is 15.6. The van der Waals surface area contributed by atoms with Crippen molar-refractivity contribution < 1.29 is 13.2 Å². The summed E-state index contributed by atoms with van der Waals surface area (Å²) in [6.07, 6.45) is -5.04. The molecule has 394 valence electrons. The van der Waals surface area contributed by atoms with Crippen LogP contribution >= 0.6 is 0 Å². The first-order valence-corrected chi connectivity index (χ1v) is 25.9. The van der Waals surface area contributed by atoms with Crippen LogP contribution in [0.3, 0.4) is 0 Å². The smallest absolute Gasteiger partial charge is 0.307 e. The van der Waals surface area contributed by atoms with Crippen molar-refractivity contribution in [1.29, 1.82) is 52.6 Å². The highest BCUT2D eigenvalue weighted by Gasteiger charge is 2.36. The van der Waals surface area contributed by atoms with Gasteiger partial charge >= 0.3 is 6.18 Å². The molecule has 0 aliphatic rings. The van der Waals surface area contributed by atoms with Crippen molar-refractivity contribution in [3.8, 4) is 128 Å². The van der Waals surface area contributed by atoms with Crippen molar-refractivity contribution in [3.05, 3.63) is 237 Å². The average molecular weight is 1110 g/mol. The minimum Gasteiger partial charge on any atom is -0.307 e. The van der Waals surface area contributed by atoms with Crippen molar-refractivity contribution in [2.24, 2.45) is 0 Å². The molecule has 0 fully saturated rings. The second-order valence-corrected chi connectivity index (χ2v) is 19.9. The second kappa shape index (κ2) is 20.9. The van der Waals surface area contributed by atoms with Crippen molar-refractivity contribution in [3.63, 3.8) is 0 Å². The minimum atomic E-state index is -5.04. The number of hydrogen-bond donors (Lipinski definition) is 0. The largest absolute Gasteiger partial charge is 0.417 e. The number of hydrogen-bond acceptors (Lipinski definition) is 10. The van der Waals surface area contributed by atoms with E-state index >= 15 is 13.2 Å². The predicted molar refractivity (Wildman–Crippen MR) is 314 cm³/mol. The van der Waals surface area contributed by atoms with E-state index in [1.54, 1.807) is 77.4 Å². The average Bonchev–Trinajstić information content (AvgIpc) is 2.01. The normalized spacial score (nSPS) is 10.8. The first kappa shape index (κ1) is 53.1. The Hall–Kier alpha value is -13.5. The lowest BCUT2D eigenvalue weighted by Crippen LogP contribution is -2.10. The van der Waals surface area contributed by atoms with E-state index in [0.29, 0.717) is 88.1 Å². The number of halogens is 3. The van der Waals surface area contributed by atoms with Gasteiger partial charge in [-0.1, -0.05) is 78.9 Å². The van der Waals surface area contributed by atoms with Gasteiger partial charge in [-0.15, -0.1) is 0 Å². The monoisotopic (exact) mass is 1110 g/mol. The van der Waals surface area contributed by atoms with E-state index in [1.165, 1.54) is 42.5 Å². The summed E-state index contributed by atoms with van der Waals surface area (Å²) in [5, 5.41) is 106. The van der Waals surface area contributed by atoms with Gasteiger partial charge in [0, 0.05) is 32.7 Å². The van der Waals surface area contributed by atoms with E-state index in [-0.39, 0.29) is 72.6 Å². The molecule has 0 amide bonds. The lowest BCUT2D eigenvalue weighted by Gasteiger charge is -2.22. The molecule has 86 heavy (non-hydrogen) atoms. The lowest BCUT2D eigenvalue weighted by atomic mass is 9.90. The van der Waals surface area contributed by atoms with Crippen LogP contribution in [-0.4, -0.2) is 9.13 Å². The Balaban J connectivity index is 1.31. The quantitative estimate of drug-likeness (QED) is 0.146. The standard InChI is InChI=1S/C71H29F3N12/c72-71(73,74)63-3-1-2-48(34-79)70(63)62-29-69(86-66-26-46(56-14-6-42(32-77)22-51(56)37-82)10-18-60(66)61-19-11-47(27-67(61)86)57-15-7-43(33-78)23-52(57)38-83)68(28-53(62)39-84)85-64-24-44(54-12-4-40(30-75)20-49(54)35-80)8-16-58(64)59-17-9-45(25-65(59)85)55-13-5-41(31-76)21-50(55)36-81/h1-29H. The highest BCUT2D eigenvalue weighted by molar-refractivity contribution is 6.14. The summed E-state index contributed by atoms with van der Waals surface area (Å²) >= 11 is 0. The van der Waals surface area contributed by atoms with Crippen LogP contribution < -0.4 is 0 Å². The second-order valence-electron chi connectivity index (χ2n) is 19.9. The van der Waals surface area contributed by atoms with Crippen LogP contribution in [0.15, 0.2) is 176 Å². The van der Waals surface area contributed by atoms with Gasteiger partial charge < -0.3 is 9.13 Å². The van der Waals surface area contributed by atoms with Gasteiger partial charge in [0.1, 0.15) is 0 Å². The van der Waals surface area contributed by atoms with Gasteiger partial charge in [-0.3, -0.25) is 0 Å². The molecule has 12 nitrogen and oxygen atoms in total. The molecule has 0 radical (unpaired) electrons. The van der Waals surface area contributed by atoms with Gasteiger partial charge in [0.05, 0.1) is 155 Å².